The van der Waals surface area contributed by atoms with Crippen LogP contribution in [-0.4, -0.2) is 42.7 Å². The zero-order valence-corrected chi connectivity index (χ0v) is 16.5. The normalized spacial score (nSPS) is 10.3. The first-order valence-electron chi connectivity index (χ1n) is 9.38. The fourth-order valence-corrected chi connectivity index (χ4v) is 2.67. The van der Waals surface area contributed by atoms with E-state index in [1.807, 2.05) is 18.2 Å². The Morgan fingerprint density at radius 2 is 1.63 bits per heavy atom. The molecule has 3 rings (SSSR count). The molecule has 0 unspecified atom stereocenters. The molecule has 2 amide bonds. The summed E-state index contributed by atoms with van der Waals surface area (Å²) in [4.78, 5) is 37.8. The number of ether oxygens (including phenoxy) is 1. The first kappa shape index (κ1) is 20.9. The molecule has 3 aromatic rings. The molecule has 7 nitrogen and oxygen atoms in total. The van der Waals surface area contributed by atoms with Crippen molar-refractivity contribution in [2.45, 2.75) is 6.54 Å². The van der Waals surface area contributed by atoms with Gasteiger partial charge < -0.3 is 19.4 Å². The summed E-state index contributed by atoms with van der Waals surface area (Å²) >= 11 is 0. The molecular formula is C23H22N2O5. The number of nitrogens with zero attached hydrogens (tertiary/aromatic N) is 1. The summed E-state index contributed by atoms with van der Waals surface area (Å²) in [5.74, 6) is 0.371. The van der Waals surface area contributed by atoms with Gasteiger partial charge in [-0.05, 0) is 36.4 Å². The van der Waals surface area contributed by atoms with E-state index in [9.17, 15) is 14.4 Å². The number of amides is 2. The minimum Gasteiger partial charge on any atom is -0.484 e. The van der Waals surface area contributed by atoms with E-state index in [-0.39, 0.29) is 37.3 Å². The molecule has 154 valence electrons. The van der Waals surface area contributed by atoms with Crippen molar-refractivity contribution >= 4 is 17.6 Å². The largest absolute Gasteiger partial charge is 0.484 e. The number of carbonyl (C=O) groups excluding carboxylic acids is 3. The molecular weight excluding hydrogens is 384 g/mol. The maximum Gasteiger partial charge on any atom is 0.260 e. The number of ketones is 1. The maximum atomic E-state index is 12.4. The van der Waals surface area contributed by atoms with Gasteiger partial charge in [0.05, 0.1) is 19.4 Å². The van der Waals surface area contributed by atoms with Crippen molar-refractivity contribution < 1.29 is 23.5 Å². The van der Waals surface area contributed by atoms with Gasteiger partial charge in [-0.3, -0.25) is 14.4 Å². The molecule has 0 aliphatic rings. The topological polar surface area (TPSA) is 88.8 Å². The van der Waals surface area contributed by atoms with E-state index < -0.39 is 0 Å². The maximum absolute atomic E-state index is 12.4. The van der Waals surface area contributed by atoms with Crippen molar-refractivity contribution in [1.29, 1.82) is 0 Å². The summed E-state index contributed by atoms with van der Waals surface area (Å²) in [5.41, 5.74) is 1.14. The zero-order chi connectivity index (χ0) is 21.3. The van der Waals surface area contributed by atoms with Crippen LogP contribution in [0.2, 0.25) is 0 Å². The second-order valence-electron chi connectivity index (χ2n) is 6.61. The van der Waals surface area contributed by atoms with Crippen molar-refractivity contribution in [3.05, 3.63) is 89.9 Å². The Hall–Kier alpha value is -3.87. The molecule has 1 aromatic heterocycles. The zero-order valence-electron chi connectivity index (χ0n) is 16.5. The lowest BCUT2D eigenvalue weighted by Gasteiger charge is -2.17. The second-order valence-corrected chi connectivity index (χ2v) is 6.61. The van der Waals surface area contributed by atoms with Crippen molar-refractivity contribution in [2.24, 2.45) is 0 Å². The van der Waals surface area contributed by atoms with Crippen LogP contribution in [0.25, 0.3) is 0 Å². The van der Waals surface area contributed by atoms with Gasteiger partial charge in [-0.1, -0.05) is 30.3 Å². The van der Waals surface area contributed by atoms with E-state index in [4.69, 9.17) is 9.15 Å². The average Bonchev–Trinajstić information content (AvgIpc) is 3.30. The van der Waals surface area contributed by atoms with E-state index in [1.54, 1.807) is 48.5 Å². The lowest BCUT2D eigenvalue weighted by molar-refractivity contribution is -0.136. The quantitative estimate of drug-likeness (QED) is 0.552. The van der Waals surface area contributed by atoms with Gasteiger partial charge >= 0.3 is 0 Å². The highest BCUT2D eigenvalue weighted by Gasteiger charge is 2.14. The minimum atomic E-state index is -0.340. The molecule has 0 aliphatic carbocycles. The summed E-state index contributed by atoms with van der Waals surface area (Å²) in [6.07, 6.45) is 1.53. The first-order valence-corrected chi connectivity index (χ1v) is 9.38. The van der Waals surface area contributed by atoms with Crippen LogP contribution in [0.5, 0.6) is 5.75 Å². The molecule has 7 heteroatoms. The number of likely N-dealkylation sites (N-methyl/N-ethyl adjacent to an activating group) is 1. The van der Waals surface area contributed by atoms with Gasteiger partial charge in [0.25, 0.3) is 5.91 Å². The smallest absolute Gasteiger partial charge is 0.260 e. The standard InChI is InChI=1S/C23H22N2O5/c1-25(15-21(26)24-14-20-8-5-13-29-20)22(27)16-30-19-11-9-18(10-12-19)23(28)17-6-3-2-4-7-17/h2-13H,14-16H2,1H3,(H,24,26). The monoisotopic (exact) mass is 406 g/mol. The van der Waals surface area contributed by atoms with Gasteiger partial charge in [0.2, 0.25) is 5.91 Å². The molecule has 0 radical (unpaired) electrons. The lowest BCUT2D eigenvalue weighted by atomic mass is 10.0. The molecule has 0 aliphatic heterocycles. The van der Waals surface area contributed by atoms with Crippen LogP contribution in [-0.2, 0) is 16.1 Å². The second kappa shape index (κ2) is 10.1. The summed E-state index contributed by atoms with van der Waals surface area (Å²) in [6.45, 7) is -0.0419. The number of hydrogen-bond acceptors (Lipinski definition) is 5. The SMILES string of the molecule is CN(CC(=O)NCc1ccco1)C(=O)COc1ccc(C(=O)c2ccccc2)cc1. The molecule has 1 N–H and O–H groups in total. The van der Waals surface area contributed by atoms with Crippen molar-refractivity contribution in [3.8, 4) is 5.75 Å². The third-order valence-electron chi connectivity index (χ3n) is 4.36. The van der Waals surface area contributed by atoms with Gasteiger partial charge in [0.1, 0.15) is 11.5 Å². The van der Waals surface area contributed by atoms with Crippen molar-refractivity contribution in [2.75, 3.05) is 20.2 Å². The summed E-state index contributed by atoms with van der Waals surface area (Å²) in [5, 5.41) is 2.68. The highest BCUT2D eigenvalue weighted by atomic mass is 16.5. The Bertz CT molecular complexity index is 982. The van der Waals surface area contributed by atoms with Gasteiger partial charge in [0.15, 0.2) is 12.4 Å². The minimum absolute atomic E-state index is 0.0847. The Morgan fingerprint density at radius 3 is 2.30 bits per heavy atom. The van der Waals surface area contributed by atoms with Crippen molar-refractivity contribution in [3.63, 3.8) is 0 Å². The molecule has 1 heterocycles. The fourth-order valence-electron chi connectivity index (χ4n) is 2.67. The summed E-state index contributed by atoms with van der Waals surface area (Å²) in [7, 11) is 1.53. The molecule has 0 saturated carbocycles. The van der Waals surface area contributed by atoms with Crippen LogP contribution in [0.4, 0.5) is 0 Å². The lowest BCUT2D eigenvalue weighted by Crippen LogP contribution is -2.40. The van der Waals surface area contributed by atoms with Gasteiger partial charge in [-0.2, -0.15) is 0 Å². The predicted octanol–water partition coefficient (Wildman–Crippen LogP) is 2.66. The molecule has 0 bridgehead atoms. The summed E-state index contributed by atoms with van der Waals surface area (Å²) < 4.78 is 10.6. The molecule has 0 saturated heterocycles. The van der Waals surface area contributed by atoms with Crippen LogP contribution in [0.1, 0.15) is 21.7 Å². The van der Waals surface area contributed by atoms with E-state index in [0.717, 1.165) is 0 Å². The Morgan fingerprint density at radius 1 is 0.933 bits per heavy atom. The van der Waals surface area contributed by atoms with E-state index in [2.05, 4.69) is 5.32 Å². The van der Waals surface area contributed by atoms with Crippen LogP contribution in [0, 0.1) is 0 Å². The third-order valence-corrected chi connectivity index (χ3v) is 4.36. The number of rotatable bonds is 9. The van der Waals surface area contributed by atoms with E-state index in [1.165, 1.54) is 18.2 Å². The van der Waals surface area contributed by atoms with Gasteiger partial charge in [-0.25, -0.2) is 0 Å². The number of benzene rings is 2. The fraction of sp³-hybridized carbons (Fsp3) is 0.174. The number of nitrogens with one attached hydrogen (secondary N) is 1. The molecule has 30 heavy (non-hydrogen) atoms. The number of hydrogen-bond donors (Lipinski definition) is 1. The highest BCUT2D eigenvalue weighted by Crippen LogP contribution is 2.15. The van der Waals surface area contributed by atoms with Crippen LogP contribution in [0.3, 0.4) is 0 Å². The molecule has 2 aromatic carbocycles. The van der Waals surface area contributed by atoms with E-state index in [0.29, 0.717) is 22.6 Å². The first-order chi connectivity index (χ1) is 14.5. The molecule has 0 fully saturated rings. The Labute approximate surface area is 174 Å². The van der Waals surface area contributed by atoms with Crippen LogP contribution in [0.15, 0.2) is 77.4 Å². The van der Waals surface area contributed by atoms with Crippen molar-refractivity contribution in [1.82, 2.24) is 10.2 Å². The Balaban J connectivity index is 1.44. The predicted molar refractivity (Wildman–Crippen MR) is 110 cm³/mol. The Kier molecular flexibility index (Phi) is 7.00. The van der Waals surface area contributed by atoms with Crippen LogP contribution < -0.4 is 10.1 Å². The van der Waals surface area contributed by atoms with Gasteiger partial charge in [0, 0.05) is 18.2 Å². The third kappa shape index (κ3) is 5.81. The van der Waals surface area contributed by atoms with Gasteiger partial charge in [-0.15, -0.1) is 0 Å². The molecule has 0 spiro atoms. The summed E-state index contributed by atoms with van der Waals surface area (Å²) in [6, 6.07) is 19.1. The average molecular weight is 406 g/mol. The van der Waals surface area contributed by atoms with E-state index >= 15 is 0 Å². The molecule has 0 atom stereocenters. The highest BCUT2D eigenvalue weighted by molar-refractivity contribution is 6.09. The number of carbonyl (C=O) groups is 3. The number of furan rings is 1. The van der Waals surface area contributed by atoms with Crippen LogP contribution >= 0.6 is 0 Å².